The van der Waals surface area contributed by atoms with E-state index in [2.05, 4.69) is 10.3 Å². The van der Waals surface area contributed by atoms with Crippen molar-refractivity contribution in [3.63, 3.8) is 0 Å². The Labute approximate surface area is 132 Å². The first-order valence-electron chi connectivity index (χ1n) is 7.89. The van der Waals surface area contributed by atoms with Gasteiger partial charge in [0.1, 0.15) is 11.9 Å². The molecule has 8 heteroatoms. The Morgan fingerprint density at radius 3 is 2.87 bits per heavy atom. The number of carbonyl (C=O) groups excluding carboxylic acids is 1. The molecule has 3 atom stereocenters. The van der Waals surface area contributed by atoms with Crippen molar-refractivity contribution in [2.24, 2.45) is 5.92 Å². The largest absolute Gasteiger partial charge is 0.434 e. The number of aryl methyl sites for hydroxylation is 1. The number of amides is 1. The normalized spacial score (nSPS) is 27.7. The number of aromatic nitrogens is 2. The van der Waals surface area contributed by atoms with Crippen LogP contribution in [-0.2, 0) is 28.7 Å². The minimum Gasteiger partial charge on any atom is -0.365 e. The third kappa shape index (κ3) is 3.68. The Morgan fingerprint density at radius 1 is 1.43 bits per heavy atom. The van der Waals surface area contributed by atoms with Gasteiger partial charge in [-0.3, -0.25) is 4.79 Å². The van der Waals surface area contributed by atoms with Crippen LogP contribution in [0.2, 0.25) is 0 Å². The summed E-state index contributed by atoms with van der Waals surface area (Å²) in [6.45, 7) is 2.83. The molecule has 3 rings (SSSR count). The minimum atomic E-state index is -4.41. The molecule has 0 aliphatic carbocycles. The quantitative estimate of drug-likeness (QED) is 0.923. The van der Waals surface area contributed by atoms with Gasteiger partial charge in [-0.25, -0.2) is 4.98 Å². The molecule has 3 heterocycles. The molecule has 0 spiro atoms. The molecule has 0 aromatic carbocycles. The molecule has 1 aromatic heterocycles. The second-order valence-electron chi connectivity index (χ2n) is 6.36. The number of carbonyl (C=O) groups is 1. The summed E-state index contributed by atoms with van der Waals surface area (Å²) in [6, 6.07) is 0. The van der Waals surface area contributed by atoms with Gasteiger partial charge in [0, 0.05) is 25.7 Å². The van der Waals surface area contributed by atoms with Gasteiger partial charge in [-0.15, -0.1) is 0 Å². The maximum atomic E-state index is 12.7. The molecule has 2 aliphatic rings. The Morgan fingerprint density at radius 2 is 2.22 bits per heavy atom. The lowest BCUT2D eigenvalue weighted by Gasteiger charge is -2.24. The number of imidazole rings is 1. The fraction of sp³-hybridized carbons (Fsp3) is 0.733. The maximum absolute atomic E-state index is 12.7. The second kappa shape index (κ2) is 6.14. The molecular formula is C15H20F3N3O2. The first-order valence-corrected chi connectivity index (χ1v) is 7.89. The fourth-order valence-corrected chi connectivity index (χ4v) is 3.17. The average Bonchev–Trinajstić information content (AvgIpc) is 3.09. The molecule has 5 nitrogen and oxygen atoms in total. The van der Waals surface area contributed by atoms with Crippen LogP contribution in [0.3, 0.4) is 0 Å². The van der Waals surface area contributed by atoms with E-state index >= 15 is 0 Å². The van der Waals surface area contributed by atoms with Crippen LogP contribution >= 0.6 is 0 Å². The summed E-state index contributed by atoms with van der Waals surface area (Å²) in [5.41, 5.74) is -0.842. The summed E-state index contributed by atoms with van der Waals surface area (Å²) in [5, 5.41) is 2.86. The molecule has 1 saturated heterocycles. The zero-order valence-electron chi connectivity index (χ0n) is 12.9. The van der Waals surface area contributed by atoms with Crippen molar-refractivity contribution >= 4 is 5.91 Å². The standard InChI is InChI=1S/C15H20F3N3O2/c1-9-2-4-11(23-9)14(22)19-6-10-3-5-13-20-12(15(16,17)18)8-21(13)7-10/h8-11H,2-7H2,1H3,(H,19,22). The highest BCUT2D eigenvalue weighted by atomic mass is 19.4. The van der Waals surface area contributed by atoms with Crippen LogP contribution in [0, 0.1) is 5.92 Å². The molecule has 1 amide bonds. The summed E-state index contributed by atoms with van der Waals surface area (Å²) in [4.78, 5) is 15.7. The van der Waals surface area contributed by atoms with Crippen molar-refractivity contribution in [3.8, 4) is 0 Å². The van der Waals surface area contributed by atoms with Gasteiger partial charge < -0.3 is 14.6 Å². The van der Waals surface area contributed by atoms with Crippen LogP contribution in [-0.4, -0.2) is 34.2 Å². The lowest BCUT2D eigenvalue weighted by atomic mass is 9.99. The van der Waals surface area contributed by atoms with E-state index in [0.29, 0.717) is 25.3 Å². The van der Waals surface area contributed by atoms with Crippen molar-refractivity contribution in [1.82, 2.24) is 14.9 Å². The van der Waals surface area contributed by atoms with Gasteiger partial charge in [0.25, 0.3) is 0 Å². The third-order valence-corrected chi connectivity index (χ3v) is 4.47. The number of hydrogen-bond donors (Lipinski definition) is 1. The molecule has 1 aromatic rings. The molecular weight excluding hydrogens is 311 g/mol. The second-order valence-corrected chi connectivity index (χ2v) is 6.36. The number of ether oxygens (including phenoxy) is 1. The molecule has 0 saturated carbocycles. The highest BCUT2D eigenvalue weighted by Gasteiger charge is 2.36. The van der Waals surface area contributed by atoms with Crippen LogP contribution in [0.5, 0.6) is 0 Å². The molecule has 1 fully saturated rings. The first kappa shape index (κ1) is 16.3. The van der Waals surface area contributed by atoms with Crippen molar-refractivity contribution in [2.45, 2.75) is 57.5 Å². The van der Waals surface area contributed by atoms with Crippen LogP contribution in [0.1, 0.15) is 37.7 Å². The average molecular weight is 331 g/mol. The number of halogens is 3. The van der Waals surface area contributed by atoms with E-state index in [0.717, 1.165) is 25.5 Å². The van der Waals surface area contributed by atoms with E-state index in [1.54, 1.807) is 4.57 Å². The minimum absolute atomic E-state index is 0.106. The number of fused-ring (bicyclic) bond motifs is 1. The highest BCUT2D eigenvalue weighted by Crippen LogP contribution is 2.30. The summed E-state index contributed by atoms with van der Waals surface area (Å²) < 4.78 is 45.1. The van der Waals surface area contributed by atoms with Gasteiger partial charge in [0.05, 0.1) is 6.10 Å². The van der Waals surface area contributed by atoms with Crippen molar-refractivity contribution < 1.29 is 22.7 Å². The Bertz CT molecular complexity index is 585. The first-order chi connectivity index (χ1) is 10.8. The highest BCUT2D eigenvalue weighted by molar-refractivity contribution is 5.81. The lowest BCUT2D eigenvalue weighted by Crippen LogP contribution is -2.39. The molecule has 0 bridgehead atoms. The van der Waals surface area contributed by atoms with Gasteiger partial charge in [-0.05, 0) is 32.1 Å². The van der Waals surface area contributed by atoms with Crippen LogP contribution in [0.15, 0.2) is 6.20 Å². The van der Waals surface area contributed by atoms with Crippen LogP contribution < -0.4 is 5.32 Å². The lowest BCUT2D eigenvalue weighted by molar-refractivity contribution is -0.141. The Balaban J connectivity index is 1.53. The molecule has 128 valence electrons. The number of nitrogens with one attached hydrogen (secondary N) is 1. The molecule has 2 aliphatic heterocycles. The summed E-state index contributed by atoms with van der Waals surface area (Å²) >= 11 is 0. The van der Waals surface area contributed by atoms with E-state index in [1.165, 1.54) is 0 Å². The van der Waals surface area contributed by atoms with Crippen LogP contribution in [0.4, 0.5) is 13.2 Å². The van der Waals surface area contributed by atoms with Gasteiger partial charge in [-0.1, -0.05) is 0 Å². The van der Waals surface area contributed by atoms with Gasteiger partial charge in [0.2, 0.25) is 5.91 Å². The molecule has 3 unspecified atom stereocenters. The number of nitrogens with zero attached hydrogens (tertiary/aromatic N) is 2. The summed E-state index contributed by atoms with van der Waals surface area (Å²) in [6.07, 6.45) is -0.832. The third-order valence-electron chi connectivity index (χ3n) is 4.47. The zero-order chi connectivity index (χ0) is 16.6. The predicted octanol–water partition coefficient (Wildman–Crippen LogP) is 2.15. The Hall–Kier alpha value is -1.57. The summed E-state index contributed by atoms with van der Waals surface area (Å²) in [7, 11) is 0. The number of alkyl halides is 3. The number of hydrogen-bond acceptors (Lipinski definition) is 3. The number of rotatable bonds is 3. The van der Waals surface area contributed by atoms with Gasteiger partial charge in [0.15, 0.2) is 5.69 Å². The zero-order valence-corrected chi connectivity index (χ0v) is 12.9. The molecule has 23 heavy (non-hydrogen) atoms. The Kier molecular flexibility index (Phi) is 4.35. The molecule has 1 N–H and O–H groups in total. The predicted molar refractivity (Wildman–Crippen MR) is 75.6 cm³/mol. The van der Waals surface area contributed by atoms with E-state index < -0.39 is 18.0 Å². The van der Waals surface area contributed by atoms with E-state index in [-0.39, 0.29) is 17.9 Å². The van der Waals surface area contributed by atoms with Crippen molar-refractivity contribution in [3.05, 3.63) is 17.7 Å². The van der Waals surface area contributed by atoms with E-state index in [1.807, 2.05) is 6.92 Å². The summed E-state index contributed by atoms with van der Waals surface area (Å²) in [5.74, 6) is 0.454. The van der Waals surface area contributed by atoms with Gasteiger partial charge >= 0.3 is 6.18 Å². The fourth-order valence-electron chi connectivity index (χ4n) is 3.17. The SMILES string of the molecule is CC1CCC(C(=O)NCC2CCc3nc(C(F)(F)F)cn3C2)O1. The smallest absolute Gasteiger partial charge is 0.365 e. The van der Waals surface area contributed by atoms with Crippen molar-refractivity contribution in [1.29, 1.82) is 0 Å². The van der Waals surface area contributed by atoms with Gasteiger partial charge in [-0.2, -0.15) is 13.2 Å². The monoisotopic (exact) mass is 331 g/mol. The maximum Gasteiger partial charge on any atom is 0.434 e. The van der Waals surface area contributed by atoms with Crippen molar-refractivity contribution in [2.75, 3.05) is 6.54 Å². The van der Waals surface area contributed by atoms with E-state index in [9.17, 15) is 18.0 Å². The molecule has 0 radical (unpaired) electrons. The van der Waals surface area contributed by atoms with Crippen LogP contribution in [0.25, 0.3) is 0 Å². The topological polar surface area (TPSA) is 56.2 Å². The van der Waals surface area contributed by atoms with E-state index in [4.69, 9.17) is 4.74 Å².